The summed E-state index contributed by atoms with van der Waals surface area (Å²) in [6.45, 7) is 0. The second-order valence-corrected chi connectivity index (χ2v) is 5.30. The first-order valence-electron chi connectivity index (χ1n) is 3.89. The third-order valence-corrected chi connectivity index (χ3v) is 3.64. The molecule has 0 radical (unpaired) electrons. The van der Waals surface area contributed by atoms with E-state index in [4.69, 9.17) is 5.11 Å². The Kier molecular flexibility index (Phi) is 1.69. The molecule has 7 heteroatoms. The molecule has 1 aromatic rings. The number of fused-ring (bicyclic) bond motifs is 1. The van der Waals surface area contributed by atoms with Crippen LogP contribution in [-0.2, 0) is 28.4 Å². The molecule has 0 unspecified atom stereocenters. The lowest BCUT2D eigenvalue weighted by molar-refractivity contribution is 0.0689. The number of aromatic nitrogens is 2. The Balaban J connectivity index is 2.63. The predicted molar refractivity (Wildman–Crippen MR) is 46.5 cm³/mol. The molecule has 1 aliphatic rings. The zero-order valence-electron chi connectivity index (χ0n) is 7.39. The van der Waals surface area contributed by atoms with Crippen molar-refractivity contribution in [2.75, 3.05) is 0 Å². The number of nitrogens with zero attached hydrogens (tertiary/aromatic N) is 2. The van der Waals surface area contributed by atoms with Gasteiger partial charge in [0.05, 0.1) is 17.2 Å². The molecule has 14 heavy (non-hydrogen) atoms. The van der Waals surface area contributed by atoms with Crippen LogP contribution in [-0.4, -0.2) is 29.3 Å². The van der Waals surface area contributed by atoms with Crippen LogP contribution < -0.4 is 0 Å². The molecule has 0 atom stereocenters. The van der Waals surface area contributed by atoms with Gasteiger partial charge in [-0.15, -0.1) is 0 Å². The monoisotopic (exact) mass is 216 g/mol. The summed E-state index contributed by atoms with van der Waals surface area (Å²) in [5.74, 6) is -1.50. The van der Waals surface area contributed by atoms with E-state index in [0.29, 0.717) is 11.3 Å². The van der Waals surface area contributed by atoms with Gasteiger partial charge in [-0.2, -0.15) is 5.10 Å². The Morgan fingerprint density at radius 1 is 1.50 bits per heavy atom. The number of hydrogen-bond acceptors (Lipinski definition) is 4. The largest absolute Gasteiger partial charge is 0.476 e. The minimum atomic E-state index is -3.16. The molecule has 0 saturated carbocycles. The summed E-state index contributed by atoms with van der Waals surface area (Å²) in [6, 6.07) is 0. The predicted octanol–water partition coefficient (Wildman–Crippen LogP) is -0.453. The van der Waals surface area contributed by atoms with E-state index in [9.17, 15) is 13.2 Å². The maximum Gasteiger partial charge on any atom is 0.356 e. The lowest BCUT2D eigenvalue weighted by Crippen LogP contribution is -2.06. The summed E-state index contributed by atoms with van der Waals surface area (Å²) in [6.07, 6.45) is 0. The lowest BCUT2D eigenvalue weighted by Gasteiger charge is -1.94. The summed E-state index contributed by atoms with van der Waals surface area (Å²) in [7, 11) is -1.62. The highest BCUT2D eigenvalue weighted by Gasteiger charge is 2.33. The molecule has 0 saturated heterocycles. The zero-order valence-corrected chi connectivity index (χ0v) is 8.21. The van der Waals surface area contributed by atoms with Gasteiger partial charge >= 0.3 is 5.97 Å². The summed E-state index contributed by atoms with van der Waals surface area (Å²) < 4.78 is 23.8. The normalized spacial score (nSPS) is 18.1. The van der Waals surface area contributed by atoms with Crippen molar-refractivity contribution in [3.63, 3.8) is 0 Å². The molecule has 2 rings (SSSR count). The Morgan fingerprint density at radius 3 is 2.71 bits per heavy atom. The minimum absolute atomic E-state index is 0.112. The van der Waals surface area contributed by atoms with Crippen molar-refractivity contribution >= 4 is 15.8 Å². The second-order valence-electron chi connectivity index (χ2n) is 3.23. The highest BCUT2D eigenvalue weighted by molar-refractivity contribution is 7.90. The van der Waals surface area contributed by atoms with E-state index in [0.717, 1.165) is 0 Å². The van der Waals surface area contributed by atoms with Crippen molar-refractivity contribution < 1.29 is 18.3 Å². The highest BCUT2D eigenvalue weighted by atomic mass is 32.2. The van der Waals surface area contributed by atoms with Gasteiger partial charge in [0.1, 0.15) is 0 Å². The SMILES string of the molecule is Cn1nc(C(=O)O)c2c1CS(=O)(=O)C2. The van der Waals surface area contributed by atoms with Crippen LogP contribution >= 0.6 is 0 Å². The zero-order chi connectivity index (χ0) is 10.5. The fourth-order valence-electron chi connectivity index (χ4n) is 1.59. The Labute approximate surface area is 80.1 Å². The number of carboxylic acids is 1. The van der Waals surface area contributed by atoms with Gasteiger partial charge in [0.2, 0.25) is 0 Å². The van der Waals surface area contributed by atoms with Crippen LogP contribution in [0, 0.1) is 0 Å². The molecule has 0 aliphatic carbocycles. The van der Waals surface area contributed by atoms with Crippen LogP contribution in [0.15, 0.2) is 0 Å². The van der Waals surface area contributed by atoms with Crippen LogP contribution in [0.4, 0.5) is 0 Å². The Hall–Kier alpha value is -1.37. The Morgan fingerprint density at radius 2 is 2.14 bits per heavy atom. The smallest absolute Gasteiger partial charge is 0.356 e. The molecular weight excluding hydrogens is 208 g/mol. The average molecular weight is 216 g/mol. The van der Waals surface area contributed by atoms with Gasteiger partial charge in [-0.05, 0) is 0 Å². The molecule has 0 fully saturated rings. The molecule has 1 aliphatic heterocycles. The van der Waals surface area contributed by atoms with Crippen molar-refractivity contribution in [2.24, 2.45) is 7.05 Å². The number of rotatable bonds is 1. The minimum Gasteiger partial charge on any atom is -0.476 e. The molecule has 0 spiro atoms. The molecule has 76 valence electrons. The summed E-state index contributed by atoms with van der Waals surface area (Å²) >= 11 is 0. The molecule has 0 aromatic carbocycles. The fourth-order valence-corrected chi connectivity index (χ4v) is 3.21. The fraction of sp³-hybridized carbons (Fsp3) is 0.429. The van der Waals surface area contributed by atoms with E-state index < -0.39 is 15.8 Å². The van der Waals surface area contributed by atoms with E-state index in [-0.39, 0.29) is 17.2 Å². The van der Waals surface area contributed by atoms with Gasteiger partial charge in [0, 0.05) is 12.6 Å². The molecule has 1 aromatic heterocycles. The number of hydrogen-bond donors (Lipinski definition) is 1. The third-order valence-electron chi connectivity index (χ3n) is 2.20. The van der Waals surface area contributed by atoms with Gasteiger partial charge < -0.3 is 5.11 Å². The van der Waals surface area contributed by atoms with E-state index in [1.807, 2.05) is 0 Å². The number of aromatic carboxylic acids is 1. The van der Waals surface area contributed by atoms with Crippen molar-refractivity contribution in [3.05, 3.63) is 17.0 Å². The maximum absolute atomic E-state index is 11.2. The standard InChI is InChI=1S/C7H8N2O4S/c1-9-5-3-14(12,13)2-4(5)6(8-9)7(10)11/h2-3H2,1H3,(H,10,11). The van der Waals surface area contributed by atoms with Gasteiger partial charge in [0.25, 0.3) is 0 Å². The molecule has 1 N–H and O–H groups in total. The highest BCUT2D eigenvalue weighted by Crippen LogP contribution is 2.27. The lowest BCUT2D eigenvalue weighted by atomic mass is 10.2. The van der Waals surface area contributed by atoms with E-state index in [1.165, 1.54) is 4.68 Å². The molecular formula is C7H8N2O4S. The topological polar surface area (TPSA) is 89.3 Å². The number of sulfone groups is 1. The van der Waals surface area contributed by atoms with Gasteiger partial charge in [0.15, 0.2) is 15.5 Å². The van der Waals surface area contributed by atoms with Crippen molar-refractivity contribution in [3.8, 4) is 0 Å². The Bertz CT molecular complexity index is 514. The van der Waals surface area contributed by atoms with Crippen LogP contribution in [0.25, 0.3) is 0 Å². The van der Waals surface area contributed by atoms with Crippen molar-refractivity contribution in [1.82, 2.24) is 9.78 Å². The molecule has 0 amide bonds. The third kappa shape index (κ3) is 1.20. The molecule has 0 bridgehead atoms. The van der Waals surface area contributed by atoms with E-state index in [2.05, 4.69) is 5.10 Å². The molecule has 6 nitrogen and oxygen atoms in total. The number of carboxylic acid groups (broad SMARTS) is 1. The average Bonchev–Trinajstić information content (AvgIpc) is 2.47. The van der Waals surface area contributed by atoms with Crippen LogP contribution in [0.5, 0.6) is 0 Å². The first kappa shape index (κ1) is 9.20. The second kappa shape index (κ2) is 2.57. The van der Waals surface area contributed by atoms with Crippen LogP contribution in [0.2, 0.25) is 0 Å². The van der Waals surface area contributed by atoms with E-state index in [1.54, 1.807) is 7.05 Å². The van der Waals surface area contributed by atoms with Crippen LogP contribution in [0.1, 0.15) is 21.7 Å². The van der Waals surface area contributed by atoms with Gasteiger partial charge in [-0.1, -0.05) is 0 Å². The number of carbonyl (C=O) groups is 1. The summed E-state index contributed by atoms with van der Waals surface area (Å²) in [5, 5.41) is 12.5. The molecule has 2 heterocycles. The summed E-state index contributed by atoms with van der Waals surface area (Å²) in [5.41, 5.74) is 0.672. The maximum atomic E-state index is 11.2. The van der Waals surface area contributed by atoms with Crippen LogP contribution in [0.3, 0.4) is 0 Å². The van der Waals surface area contributed by atoms with Gasteiger partial charge in [-0.25, -0.2) is 13.2 Å². The van der Waals surface area contributed by atoms with Crippen molar-refractivity contribution in [1.29, 1.82) is 0 Å². The number of aryl methyl sites for hydroxylation is 1. The van der Waals surface area contributed by atoms with Gasteiger partial charge in [-0.3, -0.25) is 4.68 Å². The quantitative estimate of drug-likeness (QED) is 0.686. The summed E-state index contributed by atoms with van der Waals surface area (Å²) in [4.78, 5) is 10.7. The first-order chi connectivity index (χ1) is 6.41. The van der Waals surface area contributed by atoms with Crippen molar-refractivity contribution in [2.45, 2.75) is 11.5 Å². The van der Waals surface area contributed by atoms with E-state index >= 15 is 0 Å². The first-order valence-corrected chi connectivity index (χ1v) is 5.71.